The van der Waals surface area contributed by atoms with Crippen molar-refractivity contribution in [1.82, 2.24) is 4.98 Å². The van der Waals surface area contributed by atoms with E-state index in [0.29, 0.717) is 0 Å². The number of thiazole rings is 1. The summed E-state index contributed by atoms with van der Waals surface area (Å²) in [7, 11) is 0. The molecule has 1 unspecified atom stereocenters. The molecular formula is C22H18N2OS2. The summed E-state index contributed by atoms with van der Waals surface area (Å²) in [6, 6.07) is 26.0. The first-order valence-corrected chi connectivity index (χ1v) is 10.4. The molecule has 0 fully saturated rings. The van der Waals surface area contributed by atoms with Crippen LogP contribution in [-0.2, 0) is 4.79 Å². The fourth-order valence-corrected chi connectivity index (χ4v) is 5.01. The molecule has 134 valence electrons. The highest BCUT2D eigenvalue weighted by atomic mass is 32.2. The van der Waals surface area contributed by atoms with Crippen molar-refractivity contribution in [2.45, 2.75) is 16.5 Å². The SMILES string of the molecule is CC(Sc1nc2ccccc2s1)C(=O)Nc1ccccc1-c1ccccc1. The van der Waals surface area contributed by atoms with Gasteiger partial charge in [0.15, 0.2) is 4.34 Å². The number of fused-ring (bicyclic) bond motifs is 1. The van der Waals surface area contributed by atoms with E-state index in [1.165, 1.54) is 11.8 Å². The Labute approximate surface area is 166 Å². The number of nitrogens with zero attached hydrogens (tertiary/aromatic N) is 1. The zero-order valence-corrected chi connectivity index (χ0v) is 16.4. The number of amides is 1. The van der Waals surface area contributed by atoms with Crippen molar-refractivity contribution in [3.8, 4) is 11.1 Å². The Morgan fingerprint density at radius 3 is 2.48 bits per heavy atom. The molecule has 0 radical (unpaired) electrons. The maximum Gasteiger partial charge on any atom is 0.237 e. The lowest BCUT2D eigenvalue weighted by Crippen LogP contribution is -2.22. The van der Waals surface area contributed by atoms with Crippen LogP contribution in [0.4, 0.5) is 5.69 Å². The van der Waals surface area contributed by atoms with Crippen LogP contribution in [0.2, 0.25) is 0 Å². The zero-order valence-electron chi connectivity index (χ0n) is 14.8. The second kappa shape index (κ2) is 7.94. The van der Waals surface area contributed by atoms with Gasteiger partial charge < -0.3 is 5.32 Å². The predicted octanol–water partition coefficient (Wildman–Crippen LogP) is 6.08. The van der Waals surface area contributed by atoms with Gasteiger partial charge in [0.25, 0.3) is 0 Å². The molecule has 0 aliphatic heterocycles. The van der Waals surface area contributed by atoms with Crippen LogP contribution in [0.15, 0.2) is 83.2 Å². The van der Waals surface area contributed by atoms with Crippen LogP contribution in [0.3, 0.4) is 0 Å². The number of carbonyl (C=O) groups excluding carboxylic acids is 1. The summed E-state index contributed by atoms with van der Waals surface area (Å²) in [4.78, 5) is 17.4. The van der Waals surface area contributed by atoms with E-state index < -0.39 is 0 Å². The van der Waals surface area contributed by atoms with E-state index in [4.69, 9.17) is 0 Å². The minimum atomic E-state index is -0.241. The Morgan fingerprint density at radius 1 is 0.963 bits per heavy atom. The molecule has 0 bridgehead atoms. The maximum atomic E-state index is 12.8. The predicted molar refractivity (Wildman–Crippen MR) is 115 cm³/mol. The Hall–Kier alpha value is -2.63. The number of para-hydroxylation sites is 2. The summed E-state index contributed by atoms with van der Waals surface area (Å²) < 4.78 is 2.05. The molecule has 4 rings (SSSR count). The van der Waals surface area contributed by atoms with E-state index in [1.807, 2.05) is 79.7 Å². The van der Waals surface area contributed by atoms with Gasteiger partial charge in [-0.15, -0.1) is 11.3 Å². The van der Waals surface area contributed by atoms with Crippen molar-refractivity contribution < 1.29 is 4.79 Å². The van der Waals surface area contributed by atoms with E-state index in [-0.39, 0.29) is 11.2 Å². The van der Waals surface area contributed by atoms with E-state index >= 15 is 0 Å². The molecule has 1 heterocycles. The summed E-state index contributed by atoms with van der Waals surface area (Å²) in [6.45, 7) is 1.91. The minimum absolute atomic E-state index is 0.0253. The number of rotatable bonds is 5. The largest absolute Gasteiger partial charge is 0.325 e. The van der Waals surface area contributed by atoms with Gasteiger partial charge in [-0.2, -0.15) is 0 Å². The number of hydrogen-bond donors (Lipinski definition) is 1. The average Bonchev–Trinajstić information content (AvgIpc) is 3.11. The highest BCUT2D eigenvalue weighted by Crippen LogP contribution is 2.33. The first-order chi connectivity index (χ1) is 13.2. The van der Waals surface area contributed by atoms with Crippen LogP contribution in [0.1, 0.15) is 6.92 Å². The third-order valence-electron chi connectivity index (χ3n) is 4.19. The van der Waals surface area contributed by atoms with Crippen molar-refractivity contribution in [2.75, 3.05) is 5.32 Å². The van der Waals surface area contributed by atoms with E-state index in [2.05, 4.69) is 16.4 Å². The molecule has 0 saturated heterocycles. The van der Waals surface area contributed by atoms with Crippen LogP contribution < -0.4 is 5.32 Å². The molecule has 27 heavy (non-hydrogen) atoms. The molecule has 1 amide bonds. The molecule has 0 aliphatic rings. The molecule has 3 nitrogen and oxygen atoms in total. The number of anilines is 1. The third kappa shape index (κ3) is 4.04. The average molecular weight is 391 g/mol. The van der Waals surface area contributed by atoms with Crippen LogP contribution >= 0.6 is 23.1 Å². The van der Waals surface area contributed by atoms with Crippen molar-refractivity contribution in [1.29, 1.82) is 0 Å². The molecule has 1 aromatic heterocycles. The molecular weight excluding hydrogens is 372 g/mol. The molecule has 5 heteroatoms. The van der Waals surface area contributed by atoms with Gasteiger partial charge in [0, 0.05) is 11.3 Å². The number of aromatic nitrogens is 1. The lowest BCUT2D eigenvalue weighted by molar-refractivity contribution is -0.115. The quantitative estimate of drug-likeness (QED) is 0.420. The highest BCUT2D eigenvalue weighted by Gasteiger charge is 2.18. The first kappa shape index (κ1) is 17.8. The molecule has 4 aromatic rings. The molecule has 0 spiro atoms. The summed E-state index contributed by atoms with van der Waals surface area (Å²) in [5.41, 5.74) is 3.90. The van der Waals surface area contributed by atoms with Gasteiger partial charge >= 0.3 is 0 Å². The molecule has 1 atom stereocenters. The normalized spacial score (nSPS) is 12.0. The molecule has 3 aromatic carbocycles. The lowest BCUT2D eigenvalue weighted by Gasteiger charge is -2.14. The van der Waals surface area contributed by atoms with Crippen LogP contribution in [0.25, 0.3) is 21.3 Å². The number of thioether (sulfide) groups is 1. The van der Waals surface area contributed by atoms with Gasteiger partial charge in [-0.25, -0.2) is 4.98 Å². The molecule has 0 aliphatic carbocycles. The van der Waals surface area contributed by atoms with E-state index in [9.17, 15) is 4.79 Å². The number of nitrogens with one attached hydrogen (secondary N) is 1. The fraction of sp³-hybridized carbons (Fsp3) is 0.0909. The standard InChI is InChI=1S/C22H18N2OS2/c1-15(26-22-24-19-13-7-8-14-20(19)27-22)21(25)23-18-12-6-5-11-17(18)16-9-3-2-4-10-16/h2-15H,1H3,(H,23,25). The Bertz CT molecular complexity index is 1040. The fourth-order valence-electron chi connectivity index (χ4n) is 2.80. The third-order valence-corrected chi connectivity index (χ3v) is 6.42. The number of carbonyl (C=O) groups is 1. The summed E-state index contributed by atoms with van der Waals surface area (Å²) in [5.74, 6) is -0.0253. The molecule has 1 N–H and O–H groups in total. The van der Waals surface area contributed by atoms with Gasteiger partial charge in [-0.1, -0.05) is 72.4 Å². The topological polar surface area (TPSA) is 42.0 Å². The van der Waals surface area contributed by atoms with Crippen molar-refractivity contribution in [3.05, 3.63) is 78.9 Å². The second-order valence-corrected chi connectivity index (χ2v) is 8.73. The maximum absolute atomic E-state index is 12.8. The van der Waals surface area contributed by atoms with Crippen molar-refractivity contribution in [3.63, 3.8) is 0 Å². The summed E-state index contributed by atoms with van der Waals surface area (Å²) >= 11 is 3.11. The van der Waals surface area contributed by atoms with Gasteiger partial charge in [-0.05, 0) is 30.7 Å². The van der Waals surface area contributed by atoms with Crippen LogP contribution in [0, 0.1) is 0 Å². The van der Waals surface area contributed by atoms with E-state index in [1.54, 1.807) is 11.3 Å². The highest BCUT2D eigenvalue weighted by molar-refractivity contribution is 8.02. The van der Waals surface area contributed by atoms with Crippen LogP contribution in [-0.4, -0.2) is 16.1 Å². The van der Waals surface area contributed by atoms with Gasteiger partial charge in [0.05, 0.1) is 15.5 Å². The number of hydrogen-bond acceptors (Lipinski definition) is 4. The smallest absolute Gasteiger partial charge is 0.237 e. The first-order valence-electron chi connectivity index (χ1n) is 8.68. The number of benzene rings is 3. The lowest BCUT2D eigenvalue weighted by atomic mass is 10.0. The van der Waals surface area contributed by atoms with Gasteiger partial charge in [-0.3, -0.25) is 4.79 Å². The zero-order chi connectivity index (χ0) is 18.6. The Morgan fingerprint density at radius 2 is 1.67 bits per heavy atom. The summed E-state index contributed by atoms with van der Waals surface area (Å²) in [6.07, 6.45) is 0. The van der Waals surface area contributed by atoms with Crippen molar-refractivity contribution >= 4 is 44.9 Å². The van der Waals surface area contributed by atoms with E-state index in [0.717, 1.165) is 31.4 Å². The van der Waals surface area contributed by atoms with Gasteiger partial charge in [0.1, 0.15) is 0 Å². The minimum Gasteiger partial charge on any atom is -0.325 e. The Kier molecular flexibility index (Phi) is 5.23. The van der Waals surface area contributed by atoms with Crippen molar-refractivity contribution in [2.24, 2.45) is 0 Å². The summed E-state index contributed by atoms with van der Waals surface area (Å²) in [5, 5.41) is 2.84. The van der Waals surface area contributed by atoms with Gasteiger partial charge in [0.2, 0.25) is 5.91 Å². The monoisotopic (exact) mass is 390 g/mol. The molecule has 0 saturated carbocycles. The van der Waals surface area contributed by atoms with Crippen LogP contribution in [0.5, 0.6) is 0 Å². The second-order valence-electron chi connectivity index (χ2n) is 6.11. The Balaban J connectivity index is 1.50.